The van der Waals surface area contributed by atoms with Crippen molar-refractivity contribution in [3.8, 4) is 11.5 Å². The minimum atomic E-state index is -4.17. The number of methoxy groups -OCH3 is 1. The van der Waals surface area contributed by atoms with Crippen LogP contribution in [0.15, 0.2) is 24.3 Å². The van der Waals surface area contributed by atoms with Gasteiger partial charge in [0.1, 0.15) is 12.2 Å². The number of piperidine rings is 1. The minimum Gasteiger partial charge on any atom is -0.493 e. The maximum atomic E-state index is 10.6. The third-order valence-electron chi connectivity index (χ3n) is 6.65. The van der Waals surface area contributed by atoms with Crippen LogP contribution in [0.3, 0.4) is 0 Å². The van der Waals surface area contributed by atoms with Crippen molar-refractivity contribution in [2.75, 3.05) is 27.3 Å². The monoisotopic (exact) mass is 425 g/mol. The lowest BCUT2D eigenvalue weighted by Gasteiger charge is -2.56. The summed E-state index contributed by atoms with van der Waals surface area (Å²) in [6.45, 7) is 2.61. The van der Waals surface area contributed by atoms with E-state index in [9.17, 15) is 9.67 Å². The number of likely N-dealkylation sites (tertiary alicyclic amines) is 1. The lowest BCUT2D eigenvalue weighted by Crippen LogP contribution is -2.64. The normalized spacial score (nSPS) is 34.0. The van der Waals surface area contributed by atoms with E-state index in [-0.39, 0.29) is 18.1 Å². The summed E-state index contributed by atoms with van der Waals surface area (Å²) in [5.74, 6) is 2.09. The van der Waals surface area contributed by atoms with Gasteiger partial charge >= 0.3 is 7.82 Å². The van der Waals surface area contributed by atoms with Crippen molar-refractivity contribution in [1.29, 1.82) is 0 Å². The number of hydrogen-bond acceptors (Lipinski definition) is 6. The Bertz CT molecular complexity index is 869. The second kappa shape index (κ2) is 7.38. The molecule has 1 spiro atoms. The zero-order chi connectivity index (χ0) is 21.0. The van der Waals surface area contributed by atoms with E-state index in [4.69, 9.17) is 19.3 Å². The molecule has 2 aliphatic heterocycles. The highest BCUT2D eigenvalue weighted by Crippen LogP contribution is 2.62. The Morgan fingerprint density at radius 3 is 2.72 bits per heavy atom. The highest BCUT2D eigenvalue weighted by atomic mass is 31.2. The zero-order valence-corrected chi connectivity index (χ0v) is 17.7. The first-order valence-corrected chi connectivity index (χ1v) is 11.4. The van der Waals surface area contributed by atoms with Gasteiger partial charge in [0.05, 0.1) is 13.7 Å². The molecule has 1 saturated heterocycles. The van der Waals surface area contributed by atoms with Crippen LogP contribution in [0.5, 0.6) is 11.5 Å². The molecule has 4 aliphatic rings. The van der Waals surface area contributed by atoms with E-state index in [1.807, 2.05) is 12.1 Å². The van der Waals surface area contributed by atoms with E-state index in [1.165, 1.54) is 18.1 Å². The van der Waals surface area contributed by atoms with Gasteiger partial charge in [0.15, 0.2) is 11.5 Å². The molecule has 8 nitrogen and oxygen atoms in total. The van der Waals surface area contributed by atoms with Crippen LogP contribution < -0.4 is 9.47 Å². The Labute approximate surface area is 170 Å². The molecule has 0 amide bonds. The number of nitrogens with zero attached hydrogens (tertiary/aromatic N) is 1. The lowest BCUT2D eigenvalue weighted by atomic mass is 9.53. The topological polar surface area (TPSA) is 109 Å². The number of benzene rings is 1. The molecule has 9 heteroatoms. The average molecular weight is 425 g/mol. The Hall–Kier alpha value is -1.41. The van der Waals surface area contributed by atoms with Crippen LogP contribution in [-0.4, -0.2) is 65.4 Å². The van der Waals surface area contributed by atoms with Crippen LogP contribution in [0.2, 0.25) is 0 Å². The number of hydrogen-bond donors (Lipinski definition) is 3. The van der Waals surface area contributed by atoms with Gasteiger partial charge in [-0.25, -0.2) is 4.57 Å². The number of phosphoric acid groups is 1. The summed E-state index contributed by atoms with van der Waals surface area (Å²) in [5.41, 5.74) is 2.60. The largest absolute Gasteiger partial charge is 0.493 e. The van der Waals surface area contributed by atoms with Crippen molar-refractivity contribution >= 4 is 7.82 Å². The number of likely N-dealkylation sites (N-methyl/N-ethyl adjacent to an activating group) is 1. The van der Waals surface area contributed by atoms with E-state index in [2.05, 4.69) is 28.6 Å². The summed E-state index contributed by atoms with van der Waals surface area (Å²) in [4.78, 5) is 18.3. The molecule has 0 unspecified atom stereocenters. The molecular weight excluding hydrogens is 397 g/mol. The van der Waals surface area contributed by atoms with Crippen molar-refractivity contribution in [3.05, 3.63) is 35.4 Å². The van der Waals surface area contributed by atoms with Crippen molar-refractivity contribution < 1.29 is 33.5 Å². The predicted octanol–water partition coefficient (Wildman–Crippen LogP) is 1.62. The Morgan fingerprint density at radius 1 is 1.34 bits per heavy atom. The minimum absolute atomic E-state index is 0.0459. The van der Waals surface area contributed by atoms with Crippen LogP contribution in [0.1, 0.15) is 24.5 Å². The summed E-state index contributed by atoms with van der Waals surface area (Å²) in [5, 5.41) is 10.6. The summed E-state index contributed by atoms with van der Waals surface area (Å²) < 4.78 is 25.4. The molecule has 2 heterocycles. The van der Waals surface area contributed by atoms with E-state index in [0.717, 1.165) is 30.9 Å². The molecule has 2 bridgehead atoms. The molecule has 1 fully saturated rings. The first-order valence-electron chi connectivity index (χ1n) is 9.86. The third-order valence-corrected chi connectivity index (χ3v) is 7.25. The Morgan fingerprint density at radius 2 is 2.10 bits per heavy atom. The number of aliphatic hydroxyl groups is 1. The van der Waals surface area contributed by atoms with E-state index in [1.54, 1.807) is 7.11 Å². The van der Waals surface area contributed by atoms with Gasteiger partial charge in [-0.1, -0.05) is 18.2 Å². The highest BCUT2D eigenvalue weighted by Gasteiger charge is 2.64. The molecule has 1 aromatic carbocycles. The van der Waals surface area contributed by atoms with Crippen LogP contribution in [-0.2, 0) is 20.9 Å². The fourth-order valence-corrected chi connectivity index (χ4v) is 5.89. The van der Waals surface area contributed by atoms with Crippen LogP contribution in [0.4, 0.5) is 0 Å². The number of rotatable bonds is 3. The van der Waals surface area contributed by atoms with Crippen molar-refractivity contribution in [1.82, 2.24) is 4.90 Å². The first-order chi connectivity index (χ1) is 13.7. The molecular formula is C20H28NO7P. The predicted molar refractivity (Wildman–Crippen MR) is 106 cm³/mol. The van der Waals surface area contributed by atoms with E-state index >= 15 is 0 Å². The number of ether oxygens (including phenoxy) is 2. The van der Waals surface area contributed by atoms with Gasteiger partial charge in [-0.2, -0.15) is 0 Å². The van der Waals surface area contributed by atoms with Gasteiger partial charge in [0, 0.05) is 22.9 Å². The maximum Gasteiger partial charge on any atom is 0.469 e. The van der Waals surface area contributed by atoms with Crippen molar-refractivity contribution in [2.24, 2.45) is 5.92 Å². The number of aliphatic hydroxyl groups excluding tert-OH is 1. The average Bonchev–Trinajstić information content (AvgIpc) is 3.01. The smallest absolute Gasteiger partial charge is 0.469 e. The second-order valence-electron chi connectivity index (χ2n) is 8.02. The molecule has 29 heavy (non-hydrogen) atoms. The fraction of sp³-hybridized carbons (Fsp3) is 0.600. The summed E-state index contributed by atoms with van der Waals surface area (Å²) in [7, 11) is -0.259. The van der Waals surface area contributed by atoms with E-state index < -0.39 is 13.9 Å². The summed E-state index contributed by atoms with van der Waals surface area (Å²) in [6, 6.07) is 4.70. The van der Waals surface area contributed by atoms with Crippen molar-refractivity contribution in [2.45, 2.75) is 43.4 Å². The summed E-state index contributed by atoms with van der Waals surface area (Å²) >= 11 is 0. The number of phosphoric ester groups is 1. The fourth-order valence-electron chi connectivity index (χ4n) is 5.56. The second-order valence-corrected chi connectivity index (χ2v) is 9.26. The molecule has 2 aliphatic carbocycles. The van der Waals surface area contributed by atoms with E-state index in [0.29, 0.717) is 12.0 Å². The lowest BCUT2D eigenvalue weighted by molar-refractivity contribution is -0.0453. The molecule has 0 aromatic heterocycles. The van der Waals surface area contributed by atoms with Crippen LogP contribution >= 0.6 is 7.82 Å². The van der Waals surface area contributed by atoms with Gasteiger partial charge < -0.3 is 29.3 Å². The molecule has 0 radical (unpaired) electrons. The Kier molecular flexibility index (Phi) is 5.30. The van der Waals surface area contributed by atoms with Gasteiger partial charge in [-0.05, 0) is 45.0 Å². The molecule has 1 aromatic rings. The standard InChI is InChI=1S/C18H21NO3.C2H7O4P/c1-19-8-7-18-11-4-5-13(20)17(18)22-16-14(21-2)6-3-10(15(16)18)9-12(11)19;1-2-6-7(3,4)5/h3-6,11-13,17,20H,7-9H2,1-2H3;2H2,1H3,(H2,3,4,5)/t11-,12+,13-,17-,18-;/m0./s1. The summed E-state index contributed by atoms with van der Waals surface area (Å²) in [6.07, 6.45) is 5.54. The molecule has 5 rings (SSSR count). The highest BCUT2D eigenvalue weighted by molar-refractivity contribution is 7.46. The first kappa shape index (κ1) is 20.8. The van der Waals surface area contributed by atoms with Gasteiger partial charge in [0.2, 0.25) is 0 Å². The SMILES string of the molecule is CCOP(=O)(O)O.COc1ccc2c3c1O[C@H]1[C@@H](O)C=C[C@H]4[C@@H](C2)N(C)CC[C@@]341. The molecule has 160 valence electrons. The Balaban J connectivity index is 0.000000255. The molecule has 0 saturated carbocycles. The van der Waals surface area contributed by atoms with Gasteiger partial charge in [-0.3, -0.25) is 4.52 Å². The van der Waals surface area contributed by atoms with Crippen LogP contribution in [0.25, 0.3) is 0 Å². The van der Waals surface area contributed by atoms with Gasteiger partial charge in [0.25, 0.3) is 0 Å². The maximum absolute atomic E-state index is 10.6. The van der Waals surface area contributed by atoms with Crippen molar-refractivity contribution in [3.63, 3.8) is 0 Å². The van der Waals surface area contributed by atoms with Crippen LogP contribution in [0, 0.1) is 5.92 Å². The quantitative estimate of drug-likeness (QED) is 0.495. The van der Waals surface area contributed by atoms with Gasteiger partial charge in [-0.15, -0.1) is 0 Å². The molecule has 5 atom stereocenters. The molecule has 3 N–H and O–H groups in total. The zero-order valence-electron chi connectivity index (χ0n) is 16.8. The third kappa shape index (κ3) is 3.23.